The molecule has 0 spiro atoms. The van der Waals surface area contributed by atoms with Gasteiger partial charge in [-0.2, -0.15) is 0 Å². The van der Waals surface area contributed by atoms with Gasteiger partial charge in [0.25, 0.3) is 0 Å². The van der Waals surface area contributed by atoms with E-state index in [2.05, 4.69) is 21.7 Å². The first kappa shape index (κ1) is 14.9. The number of Topliss-reactive ketones (excluding diaryl/α,β-unsaturated/α-hetero) is 1. The van der Waals surface area contributed by atoms with Crippen LogP contribution in [0.5, 0.6) is 0 Å². The Bertz CT molecular complexity index is 279. The van der Waals surface area contributed by atoms with Crippen molar-refractivity contribution in [2.45, 2.75) is 26.2 Å². The monoisotopic (exact) mass is 267 g/mol. The number of piperidine rings is 1. The van der Waals surface area contributed by atoms with E-state index in [4.69, 9.17) is 0 Å². The summed E-state index contributed by atoms with van der Waals surface area (Å²) >= 11 is 0. The molecule has 0 aromatic heterocycles. The molecule has 2 aliphatic heterocycles. The summed E-state index contributed by atoms with van der Waals surface area (Å²) in [5, 5.41) is 0. The zero-order chi connectivity index (χ0) is 13.7. The summed E-state index contributed by atoms with van der Waals surface area (Å²) in [5.74, 6) is 1.19. The van der Waals surface area contributed by atoms with Crippen LogP contribution in [0.2, 0.25) is 0 Å². The second kappa shape index (κ2) is 7.36. The zero-order valence-electron chi connectivity index (χ0n) is 12.6. The van der Waals surface area contributed by atoms with Crippen molar-refractivity contribution < 1.29 is 4.79 Å². The number of rotatable bonds is 5. The van der Waals surface area contributed by atoms with E-state index in [0.29, 0.717) is 5.78 Å². The lowest BCUT2D eigenvalue weighted by Gasteiger charge is -2.37. The van der Waals surface area contributed by atoms with Gasteiger partial charge in [0.15, 0.2) is 0 Å². The number of likely N-dealkylation sites (N-methyl/N-ethyl adjacent to an activating group) is 1. The van der Waals surface area contributed by atoms with Crippen LogP contribution in [-0.4, -0.2) is 79.9 Å². The topological polar surface area (TPSA) is 26.8 Å². The molecule has 4 heteroatoms. The van der Waals surface area contributed by atoms with Gasteiger partial charge in [-0.05, 0) is 45.8 Å². The summed E-state index contributed by atoms with van der Waals surface area (Å²) in [6, 6.07) is 0. The van der Waals surface area contributed by atoms with Gasteiger partial charge < -0.3 is 14.7 Å². The number of nitrogens with zero attached hydrogens (tertiary/aromatic N) is 3. The first-order chi connectivity index (χ1) is 9.13. The molecule has 2 rings (SSSR count). The highest BCUT2D eigenvalue weighted by atomic mass is 16.1. The molecule has 110 valence electrons. The maximum Gasteiger partial charge on any atom is 0.131 e. The van der Waals surface area contributed by atoms with Gasteiger partial charge in [-0.15, -0.1) is 0 Å². The molecule has 2 saturated heterocycles. The second-order valence-electron chi connectivity index (χ2n) is 6.34. The smallest absolute Gasteiger partial charge is 0.131 e. The minimum Gasteiger partial charge on any atom is -0.304 e. The lowest BCUT2D eigenvalue weighted by molar-refractivity contribution is -0.117. The molecule has 0 aromatic rings. The standard InChI is InChI=1S/C15H29N3O/c1-14(19)3-6-17-7-4-15(5-8-17)13-18-11-9-16(2)10-12-18/h15H,3-13H2,1-2H3. The van der Waals surface area contributed by atoms with Crippen molar-refractivity contribution in [1.29, 1.82) is 0 Å². The van der Waals surface area contributed by atoms with Crippen molar-refractivity contribution in [3.05, 3.63) is 0 Å². The van der Waals surface area contributed by atoms with Gasteiger partial charge in [0.05, 0.1) is 0 Å². The first-order valence-electron chi connectivity index (χ1n) is 7.76. The molecule has 0 atom stereocenters. The van der Waals surface area contributed by atoms with E-state index in [0.717, 1.165) is 18.9 Å². The quantitative estimate of drug-likeness (QED) is 0.740. The maximum atomic E-state index is 11.0. The van der Waals surface area contributed by atoms with E-state index in [-0.39, 0.29) is 0 Å². The Balaban J connectivity index is 1.62. The van der Waals surface area contributed by atoms with Crippen LogP contribution < -0.4 is 0 Å². The Morgan fingerprint density at radius 2 is 1.63 bits per heavy atom. The zero-order valence-corrected chi connectivity index (χ0v) is 12.6. The fraction of sp³-hybridized carbons (Fsp3) is 0.933. The lowest BCUT2D eigenvalue weighted by Crippen LogP contribution is -2.47. The summed E-state index contributed by atoms with van der Waals surface area (Å²) in [6.45, 7) is 11.2. The summed E-state index contributed by atoms with van der Waals surface area (Å²) < 4.78 is 0. The molecule has 0 N–H and O–H groups in total. The Morgan fingerprint density at radius 1 is 1.00 bits per heavy atom. The number of carbonyl (C=O) groups excluding carboxylic acids is 1. The fourth-order valence-electron chi connectivity index (χ4n) is 3.10. The molecule has 19 heavy (non-hydrogen) atoms. The molecular weight excluding hydrogens is 238 g/mol. The number of ketones is 1. The van der Waals surface area contributed by atoms with Crippen molar-refractivity contribution in [3.8, 4) is 0 Å². The first-order valence-corrected chi connectivity index (χ1v) is 7.76. The number of hydrogen-bond acceptors (Lipinski definition) is 4. The van der Waals surface area contributed by atoms with Crippen LogP contribution >= 0.6 is 0 Å². The van der Waals surface area contributed by atoms with Gasteiger partial charge in [-0.3, -0.25) is 4.79 Å². The third kappa shape index (κ3) is 5.21. The highest BCUT2D eigenvalue weighted by Gasteiger charge is 2.22. The van der Waals surface area contributed by atoms with Crippen LogP contribution in [0, 0.1) is 5.92 Å². The average Bonchev–Trinajstić information content (AvgIpc) is 2.40. The molecule has 0 amide bonds. The largest absolute Gasteiger partial charge is 0.304 e. The molecule has 2 aliphatic rings. The predicted molar refractivity (Wildman–Crippen MR) is 78.4 cm³/mol. The van der Waals surface area contributed by atoms with Gasteiger partial charge >= 0.3 is 0 Å². The van der Waals surface area contributed by atoms with Crippen LogP contribution in [0.25, 0.3) is 0 Å². The van der Waals surface area contributed by atoms with Crippen molar-refractivity contribution in [1.82, 2.24) is 14.7 Å². The van der Waals surface area contributed by atoms with Crippen LogP contribution in [0.3, 0.4) is 0 Å². The third-order valence-electron chi connectivity index (χ3n) is 4.60. The predicted octanol–water partition coefficient (Wildman–Crippen LogP) is 0.925. The molecule has 0 saturated carbocycles. The molecule has 0 radical (unpaired) electrons. The molecule has 0 aliphatic carbocycles. The summed E-state index contributed by atoms with van der Waals surface area (Å²) in [4.78, 5) is 18.5. The molecule has 0 aromatic carbocycles. The highest BCUT2D eigenvalue weighted by Crippen LogP contribution is 2.19. The van der Waals surface area contributed by atoms with Crippen LogP contribution in [-0.2, 0) is 4.79 Å². The van der Waals surface area contributed by atoms with Gasteiger partial charge in [0.1, 0.15) is 5.78 Å². The number of carbonyl (C=O) groups is 1. The second-order valence-corrected chi connectivity index (χ2v) is 6.34. The van der Waals surface area contributed by atoms with E-state index >= 15 is 0 Å². The van der Waals surface area contributed by atoms with Crippen LogP contribution in [0.15, 0.2) is 0 Å². The minimum atomic E-state index is 0.319. The Morgan fingerprint density at radius 3 is 2.21 bits per heavy atom. The summed E-state index contributed by atoms with van der Waals surface area (Å²) in [7, 11) is 2.21. The Hall–Kier alpha value is -0.450. The van der Waals surface area contributed by atoms with Crippen LogP contribution in [0.1, 0.15) is 26.2 Å². The van der Waals surface area contributed by atoms with E-state index < -0.39 is 0 Å². The molecular formula is C15H29N3O. The van der Waals surface area contributed by atoms with Crippen molar-refractivity contribution >= 4 is 5.78 Å². The lowest BCUT2D eigenvalue weighted by atomic mass is 9.95. The minimum absolute atomic E-state index is 0.319. The van der Waals surface area contributed by atoms with Crippen molar-refractivity contribution in [2.75, 3.05) is 59.4 Å². The summed E-state index contributed by atoms with van der Waals surface area (Å²) in [5.41, 5.74) is 0. The molecule has 0 bridgehead atoms. The average molecular weight is 267 g/mol. The van der Waals surface area contributed by atoms with Crippen molar-refractivity contribution in [3.63, 3.8) is 0 Å². The fourth-order valence-corrected chi connectivity index (χ4v) is 3.10. The molecule has 2 fully saturated rings. The van der Waals surface area contributed by atoms with Gasteiger partial charge in [0, 0.05) is 45.7 Å². The Kier molecular flexibility index (Phi) is 5.79. The number of likely N-dealkylation sites (tertiary alicyclic amines) is 1. The third-order valence-corrected chi connectivity index (χ3v) is 4.60. The van der Waals surface area contributed by atoms with Gasteiger partial charge in [-0.1, -0.05) is 0 Å². The molecule has 2 heterocycles. The molecule has 4 nitrogen and oxygen atoms in total. The van der Waals surface area contributed by atoms with E-state index in [9.17, 15) is 4.79 Å². The summed E-state index contributed by atoms with van der Waals surface area (Å²) in [6.07, 6.45) is 3.34. The SMILES string of the molecule is CC(=O)CCN1CCC(CN2CCN(C)CC2)CC1. The van der Waals surface area contributed by atoms with E-state index in [1.165, 1.54) is 58.7 Å². The van der Waals surface area contributed by atoms with Gasteiger partial charge in [-0.25, -0.2) is 0 Å². The normalized spacial score (nSPS) is 24.7. The molecule has 0 unspecified atom stereocenters. The van der Waals surface area contributed by atoms with E-state index in [1.807, 2.05) is 0 Å². The number of hydrogen-bond donors (Lipinski definition) is 0. The Labute approximate surface area is 117 Å². The maximum absolute atomic E-state index is 11.0. The van der Waals surface area contributed by atoms with E-state index in [1.54, 1.807) is 6.92 Å². The van der Waals surface area contributed by atoms with Crippen molar-refractivity contribution in [2.24, 2.45) is 5.92 Å². The number of piperazine rings is 1. The van der Waals surface area contributed by atoms with Crippen LogP contribution in [0.4, 0.5) is 0 Å². The highest BCUT2D eigenvalue weighted by molar-refractivity contribution is 5.75. The van der Waals surface area contributed by atoms with Gasteiger partial charge in [0.2, 0.25) is 0 Å².